The summed E-state index contributed by atoms with van der Waals surface area (Å²) in [4.78, 5) is 4.17. The normalized spacial score (nSPS) is 14.9. The molecule has 1 atom stereocenters. The van der Waals surface area contributed by atoms with E-state index in [-0.39, 0.29) is 0 Å². The van der Waals surface area contributed by atoms with E-state index >= 15 is 0 Å². The monoisotopic (exact) mass is 374 g/mol. The molecule has 2 aromatic heterocycles. The van der Waals surface area contributed by atoms with Crippen molar-refractivity contribution in [1.29, 1.82) is 0 Å². The first-order valence-electron chi connectivity index (χ1n) is 9.36. The maximum Gasteiger partial charge on any atom is 0.167 e. The van der Waals surface area contributed by atoms with Gasteiger partial charge in [-0.25, -0.2) is 4.98 Å². The molecule has 1 aliphatic heterocycles. The molecule has 0 aliphatic carbocycles. The molecule has 1 aromatic carbocycles. The highest BCUT2D eigenvalue weighted by Crippen LogP contribution is 2.22. The Bertz CT molecular complexity index is 1030. The molecule has 2 N–H and O–H groups in total. The molecule has 4 rings (SSSR count). The van der Waals surface area contributed by atoms with E-state index in [1.54, 1.807) is 13.1 Å². The van der Waals surface area contributed by atoms with Crippen molar-refractivity contribution in [3.8, 4) is 23.2 Å². The minimum atomic E-state index is -0.629. The lowest BCUT2D eigenvalue weighted by Crippen LogP contribution is -2.19. The van der Waals surface area contributed by atoms with Gasteiger partial charge in [-0.2, -0.15) is 0 Å². The Balaban J connectivity index is 1.46. The molecule has 0 saturated carbocycles. The largest absolute Gasteiger partial charge is 0.385 e. The molecular weight excluding hydrogens is 352 g/mol. The second-order valence-electron chi connectivity index (χ2n) is 6.78. The molecule has 142 valence electrons. The minimum Gasteiger partial charge on any atom is -0.385 e. The number of rotatable bonds is 4. The van der Waals surface area contributed by atoms with Crippen LogP contribution >= 0.6 is 0 Å². The van der Waals surface area contributed by atoms with E-state index in [0.717, 1.165) is 36.3 Å². The molecule has 6 heteroatoms. The summed E-state index contributed by atoms with van der Waals surface area (Å²) in [5.74, 6) is 7.78. The molecule has 0 radical (unpaired) electrons. The molecule has 0 saturated heterocycles. The third-order valence-corrected chi connectivity index (χ3v) is 4.61. The Morgan fingerprint density at radius 2 is 2.14 bits per heavy atom. The summed E-state index contributed by atoms with van der Waals surface area (Å²) in [7, 11) is 0. The minimum absolute atomic E-state index is 0.497. The molecule has 0 fully saturated rings. The number of nitrogens with zero attached hydrogens (tertiary/aromatic N) is 3. The molecule has 0 bridgehead atoms. The van der Waals surface area contributed by atoms with Crippen LogP contribution < -0.4 is 5.32 Å². The van der Waals surface area contributed by atoms with Gasteiger partial charge >= 0.3 is 0 Å². The summed E-state index contributed by atoms with van der Waals surface area (Å²) in [6.07, 6.45) is 5.99. The van der Waals surface area contributed by atoms with Crippen LogP contribution in [0.5, 0.6) is 0 Å². The van der Waals surface area contributed by atoms with Crippen LogP contribution in [-0.2, 0) is 6.54 Å². The lowest BCUT2D eigenvalue weighted by atomic mass is 10.1. The summed E-state index contributed by atoms with van der Waals surface area (Å²) in [5, 5.41) is 17.2. The maximum absolute atomic E-state index is 9.76. The zero-order valence-corrected chi connectivity index (χ0v) is 15.7. The number of benzene rings is 1. The van der Waals surface area contributed by atoms with E-state index in [2.05, 4.69) is 33.4 Å². The predicted molar refractivity (Wildman–Crippen MR) is 106 cm³/mol. The van der Waals surface area contributed by atoms with Crippen LogP contribution in [0.4, 0.5) is 0 Å². The Hall–Kier alpha value is -3.14. The van der Waals surface area contributed by atoms with Crippen molar-refractivity contribution in [2.45, 2.75) is 26.0 Å². The second-order valence-corrected chi connectivity index (χ2v) is 6.78. The van der Waals surface area contributed by atoms with Crippen molar-refractivity contribution in [2.75, 3.05) is 13.1 Å². The summed E-state index contributed by atoms with van der Waals surface area (Å²) in [6.45, 7) is 4.08. The zero-order chi connectivity index (χ0) is 19.3. The maximum atomic E-state index is 9.76. The number of nitrogens with one attached hydrogen (secondary N) is 1. The van der Waals surface area contributed by atoms with Crippen molar-refractivity contribution in [1.82, 2.24) is 20.0 Å². The van der Waals surface area contributed by atoms with Crippen molar-refractivity contribution in [3.05, 3.63) is 71.5 Å². The van der Waals surface area contributed by atoms with Crippen LogP contribution in [0.15, 0.2) is 58.9 Å². The number of aliphatic hydroxyl groups is 1. The first-order valence-corrected chi connectivity index (χ1v) is 9.36. The highest BCUT2D eigenvalue weighted by atomic mass is 16.5. The van der Waals surface area contributed by atoms with Gasteiger partial charge in [0.15, 0.2) is 5.76 Å². The van der Waals surface area contributed by atoms with Crippen LogP contribution in [0.25, 0.3) is 11.3 Å². The third-order valence-electron chi connectivity index (χ3n) is 4.61. The van der Waals surface area contributed by atoms with Crippen LogP contribution in [0.1, 0.15) is 36.5 Å². The van der Waals surface area contributed by atoms with E-state index < -0.39 is 6.10 Å². The number of hydrogen-bond donors (Lipinski definition) is 2. The standard InChI is InChI=1S/C22H22N4O2/c1-16(27)22-24-12-13-26(22)15-20-14-21(28-25-20)19-6-4-17(5-7-19)2-3-18-8-10-23-11-9-18/h4-8,12-14,16,23,27H,9-11,15H2,1H3/t16-/m0/s1. The molecule has 6 nitrogen and oxygen atoms in total. The fourth-order valence-electron chi connectivity index (χ4n) is 3.13. The summed E-state index contributed by atoms with van der Waals surface area (Å²) >= 11 is 0. The highest BCUT2D eigenvalue weighted by molar-refractivity contribution is 5.59. The highest BCUT2D eigenvalue weighted by Gasteiger charge is 2.12. The number of aliphatic hydroxyl groups excluding tert-OH is 1. The Labute approximate surface area is 163 Å². The fourth-order valence-corrected chi connectivity index (χ4v) is 3.13. The van der Waals surface area contributed by atoms with Crippen molar-refractivity contribution < 1.29 is 9.63 Å². The van der Waals surface area contributed by atoms with E-state index in [9.17, 15) is 5.11 Å². The van der Waals surface area contributed by atoms with Gasteiger partial charge in [-0.15, -0.1) is 0 Å². The fraction of sp³-hybridized carbons (Fsp3) is 0.273. The Morgan fingerprint density at radius 1 is 1.29 bits per heavy atom. The average Bonchev–Trinajstić information content (AvgIpc) is 3.38. The molecule has 0 spiro atoms. The van der Waals surface area contributed by atoms with Crippen molar-refractivity contribution in [3.63, 3.8) is 0 Å². The van der Waals surface area contributed by atoms with Gasteiger partial charge in [-0.05, 0) is 37.6 Å². The predicted octanol–water partition coefficient (Wildman–Crippen LogP) is 2.91. The Kier molecular flexibility index (Phi) is 5.38. The van der Waals surface area contributed by atoms with Crippen LogP contribution in [0.3, 0.4) is 0 Å². The second kappa shape index (κ2) is 8.26. The SMILES string of the molecule is C[C@H](O)c1nccn1Cc1cc(-c2ccc(C#CC3=CCNCC3)cc2)on1. The zero-order valence-electron chi connectivity index (χ0n) is 15.7. The van der Waals surface area contributed by atoms with Gasteiger partial charge in [0.05, 0.1) is 6.54 Å². The van der Waals surface area contributed by atoms with Gasteiger partial charge in [0.25, 0.3) is 0 Å². The third kappa shape index (κ3) is 4.22. The number of hydrogen-bond acceptors (Lipinski definition) is 5. The first kappa shape index (κ1) is 18.2. The Morgan fingerprint density at radius 3 is 2.89 bits per heavy atom. The number of imidazole rings is 1. The molecule has 3 aromatic rings. The lowest BCUT2D eigenvalue weighted by Gasteiger charge is -2.07. The lowest BCUT2D eigenvalue weighted by molar-refractivity contribution is 0.184. The van der Waals surface area contributed by atoms with Gasteiger partial charge in [0, 0.05) is 48.2 Å². The molecule has 3 heterocycles. The van der Waals surface area contributed by atoms with Crippen molar-refractivity contribution >= 4 is 0 Å². The smallest absolute Gasteiger partial charge is 0.167 e. The van der Waals surface area contributed by atoms with Gasteiger partial charge in [-0.3, -0.25) is 0 Å². The molecule has 28 heavy (non-hydrogen) atoms. The summed E-state index contributed by atoms with van der Waals surface area (Å²) in [6, 6.07) is 9.88. The van der Waals surface area contributed by atoms with Crippen LogP contribution in [0, 0.1) is 11.8 Å². The molecule has 0 unspecified atom stereocenters. The molecule has 0 amide bonds. The molecular formula is C22H22N4O2. The van der Waals surface area contributed by atoms with Gasteiger partial charge in [0.2, 0.25) is 0 Å². The van der Waals surface area contributed by atoms with E-state index in [4.69, 9.17) is 4.52 Å². The average molecular weight is 374 g/mol. The van der Waals surface area contributed by atoms with Crippen LogP contribution in [-0.4, -0.2) is 32.9 Å². The van der Waals surface area contributed by atoms with E-state index in [1.807, 2.05) is 41.1 Å². The first-order chi connectivity index (χ1) is 13.7. The van der Waals surface area contributed by atoms with Crippen molar-refractivity contribution in [2.24, 2.45) is 0 Å². The van der Waals surface area contributed by atoms with Gasteiger partial charge in [-0.1, -0.05) is 23.1 Å². The molecule has 1 aliphatic rings. The van der Waals surface area contributed by atoms with Gasteiger partial charge < -0.3 is 19.5 Å². The van der Waals surface area contributed by atoms with E-state index in [0.29, 0.717) is 18.1 Å². The van der Waals surface area contributed by atoms with E-state index in [1.165, 1.54) is 5.57 Å². The van der Waals surface area contributed by atoms with Crippen LogP contribution in [0.2, 0.25) is 0 Å². The van der Waals surface area contributed by atoms with Gasteiger partial charge in [0.1, 0.15) is 17.6 Å². The quantitative estimate of drug-likeness (QED) is 0.687. The number of aromatic nitrogens is 3. The topological polar surface area (TPSA) is 76.1 Å². The summed E-state index contributed by atoms with van der Waals surface area (Å²) < 4.78 is 7.36. The summed E-state index contributed by atoms with van der Waals surface area (Å²) in [5.41, 5.74) is 3.89.